The molecule has 0 radical (unpaired) electrons. The molecule has 106 valence electrons. The Kier molecular flexibility index (Phi) is 5.08. The SMILES string of the molecule is COCCNCC1(Cc2cc(Cl)ccc2OC)CC1. The molecule has 0 aromatic heterocycles. The van der Waals surface area contributed by atoms with Gasteiger partial charge in [-0.2, -0.15) is 0 Å². The molecule has 1 aliphatic rings. The second kappa shape index (κ2) is 6.60. The van der Waals surface area contributed by atoms with Gasteiger partial charge in [0.1, 0.15) is 5.75 Å². The fourth-order valence-corrected chi connectivity index (χ4v) is 2.60. The second-order valence-electron chi connectivity index (χ2n) is 5.30. The van der Waals surface area contributed by atoms with Crippen LogP contribution < -0.4 is 10.1 Å². The van der Waals surface area contributed by atoms with Gasteiger partial charge < -0.3 is 14.8 Å². The smallest absolute Gasteiger partial charge is 0.122 e. The highest BCUT2D eigenvalue weighted by Gasteiger charge is 2.42. The van der Waals surface area contributed by atoms with Gasteiger partial charge >= 0.3 is 0 Å². The summed E-state index contributed by atoms with van der Waals surface area (Å²) in [5, 5.41) is 4.24. The fraction of sp³-hybridized carbons (Fsp3) is 0.600. The number of halogens is 1. The average Bonchev–Trinajstić information content (AvgIpc) is 3.15. The van der Waals surface area contributed by atoms with Crippen LogP contribution in [-0.2, 0) is 11.2 Å². The Hall–Kier alpha value is -0.770. The van der Waals surface area contributed by atoms with Gasteiger partial charge in [0.15, 0.2) is 0 Å². The van der Waals surface area contributed by atoms with Crippen LogP contribution in [0.25, 0.3) is 0 Å². The Labute approximate surface area is 120 Å². The summed E-state index contributed by atoms with van der Waals surface area (Å²) in [6.45, 7) is 2.70. The van der Waals surface area contributed by atoms with E-state index < -0.39 is 0 Å². The molecule has 1 fully saturated rings. The molecule has 0 saturated heterocycles. The third-order valence-electron chi connectivity index (χ3n) is 3.75. The zero-order valence-corrected chi connectivity index (χ0v) is 12.4. The van der Waals surface area contributed by atoms with E-state index in [-0.39, 0.29) is 0 Å². The Balaban J connectivity index is 1.94. The molecule has 0 aliphatic heterocycles. The van der Waals surface area contributed by atoms with Crippen LogP contribution in [0.1, 0.15) is 18.4 Å². The van der Waals surface area contributed by atoms with E-state index in [1.54, 1.807) is 14.2 Å². The molecular formula is C15H22ClNO2. The highest BCUT2D eigenvalue weighted by molar-refractivity contribution is 6.30. The summed E-state index contributed by atoms with van der Waals surface area (Å²) in [7, 11) is 3.44. The van der Waals surface area contributed by atoms with E-state index in [0.717, 1.165) is 36.9 Å². The molecule has 0 unspecified atom stereocenters. The minimum absolute atomic E-state index is 0.381. The summed E-state index contributed by atoms with van der Waals surface area (Å²) in [5.74, 6) is 0.938. The first-order valence-corrected chi connectivity index (χ1v) is 7.09. The van der Waals surface area contributed by atoms with Crippen molar-refractivity contribution in [3.05, 3.63) is 28.8 Å². The normalized spacial score (nSPS) is 16.4. The molecule has 0 atom stereocenters. The van der Waals surface area contributed by atoms with Crippen LogP contribution >= 0.6 is 11.6 Å². The van der Waals surface area contributed by atoms with E-state index in [4.69, 9.17) is 21.1 Å². The highest BCUT2D eigenvalue weighted by atomic mass is 35.5. The lowest BCUT2D eigenvalue weighted by Gasteiger charge is -2.18. The predicted molar refractivity (Wildman–Crippen MR) is 78.1 cm³/mol. The third-order valence-corrected chi connectivity index (χ3v) is 3.98. The molecular weight excluding hydrogens is 262 g/mol. The number of methoxy groups -OCH3 is 2. The monoisotopic (exact) mass is 283 g/mol. The molecule has 1 aliphatic carbocycles. The summed E-state index contributed by atoms with van der Waals surface area (Å²) in [5.41, 5.74) is 1.59. The van der Waals surface area contributed by atoms with Crippen molar-refractivity contribution < 1.29 is 9.47 Å². The molecule has 2 rings (SSSR count). The summed E-state index contributed by atoms with van der Waals surface area (Å²) in [6, 6.07) is 5.85. The van der Waals surface area contributed by atoms with Gasteiger partial charge in [-0.25, -0.2) is 0 Å². The Morgan fingerprint density at radius 1 is 1.32 bits per heavy atom. The zero-order chi connectivity index (χ0) is 13.7. The molecule has 19 heavy (non-hydrogen) atoms. The minimum Gasteiger partial charge on any atom is -0.496 e. The average molecular weight is 284 g/mol. The summed E-state index contributed by atoms with van der Waals surface area (Å²) >= 11 is 6.08. The molecule has 0 amide bonds. The Morgan fingerprint density at radius 2 is 2.11 bits per heavy atom. The van der Waals surface area contributed by atoms with E-state index in [1.807, 2.05) is 18.2 Å². The first kappa shape index (κ1) is 14.6. The number of nitrogens with one attached hydrogen (secondary N) is 1. The number of hydrogen-bond acceptors (Lipinski definition) is 3. The van der Waals surface area contributed by atoms with E-state index in [9.17, 15) is 0 Å². The van der Waals surface area contributed by atoms with Gasteiger partial charge in [-0.1, -0.05) is 11.6 Å². The van der Waals surface area contributed by atoms with Crippen LogP contribution in [0.15, 0.2) is 18.2 Å². The van der Waals surface area contributed by atoms with Crippen molar-refractivity contribution in [1.29, 1.82) is 0 Å². The van der Waals surface area contributed by atoms with Crippen molar-refractivity contribution in [3.63, 3.8) is 0 Å². The van der Waals surface area contributed by atoms with Gasteiger partial charge in [0.05, 0.1) is 13.7 Å². The van der Waals surface area contributed by atoms with E-state index in [1.165, 1.54) is 18.4 Å². The largest absolute Gasteiger partial charge is 0.496 e. The van der Waals surface area contributed by atoms with Crippen LogP contribution in [0, 0.1) is 5.41 Å². The van der Waals surface area contributed by atoms with Crippen molar-refractivity contribution in [2.75, 3.05) is 33.9 Å². The number of hydrogen-bond donors (Lipinski definition) is 1. The van der Waals surface area contributed by atoms with E-state index in [2.05, 4.69) is 5.32 Å². The minimum atomic E-state index is 0.381. The quantitative estimate of drug-likeness (QED) is 0.744. The van der Waals surface area contributed by atoms with Crippen LogP contribution in [0.3, 0.4) is 0 Å². The lowest BCUT2D eigenvalue weighted by atomic mass is 9.95. The second-order valence-corrected chi connectivity index (χ2v) is 5.74. The van der Waals surface area contributed by atoms with Crippen molar-refractivity contribution in [1.82, 2.24) is 5.32 Å². The van der Waals surface area contributed by atoms with Crippen molar-refractivity contribution >= 4 is 11.6 Å². The predicted octanol–water partition coefficient (Wildman–Crippen LogP) is 2.91. The summed E-state index contributed by atoms with van der Waals surface area (Å²) in [6.07, 6.45) is 3.56. The van der Waals surface area contributed by atoms with E-state index >= 15 is 0 Å². The van der Waals surface area contributed by atoms with Gasteiger partial charge in [0.25, 0.3) is 0 Å². The van der Waals surface area contributed by atoms with Crippen molar-refractivity contribution in [2.45, 2.75) is 19.3 Å². The first-order valence-electron chi connectivity index (χ1n) is 6.71. The molecule has 1 N–H and O–H groups in total. The van der Waals surface area contributed by atoms with Gasteiger partial charge in [-0.3, -0.25) is 0 Å². The highest BCUT2D eigenvalue weighted by Crippen LogP contribution is 2.49. The van der Waals surface area contributed by atoms with Gasteiger partial charge in [0, 0.05) is 25.2 Å². The van der Waals surface area contributed by atoms with E-state index in [0.29, 0.717) is 5.41 Å². The van der Waals surface area contributed by atoms with Gasteiger partial charge in [-0.15, -0.1) is 0 Å². The Morgan fingerprint density at radius 3 is 2.74 bits per heavy atom. The molecule has 1 aromatic carbocycles. The zero-order valence-electron chi connectivity index (χ0n) is 11.7. The summed E-state index contributed by atoms with van der Waals surface area (Å²) in [4.78, 5) is 0. The van der Waals surface area contributed by atoms with Crippen molar-refractivity contribution in [3.8, 4) is 5.75 Å². The fourth-order valence-electron chi connectivity index (χ4n) is 2.41. The molecule has 0 bridgehead atoms. The summed E-state index contributed by atoms with van der Waals surface area (Å²) < 4.78 is 10.5. The topological polar surface area (TPSA) is 30.5 Å². The van der Waals surface area contributed by atoms with Gasteiger partial charge in [0.2, 0.25) is 0 Å². The van der Waals surface area contributed by atoms with Crippen molar-refractivity contribution in [2.24, 2.45) is 5.41 Å². The maximum absolute atomic E-state index is 6.08. The first-order chi connectivity index (χ1) is 9.19. The maximum Gasteiger partial charge on any atom is 0.122 e. The lowest BCUT2D eigenvalue weighted by molar-refractivity contribution is 0.197. The third kappa shape index (κ3) is 4.10. The van der Waals surface area contributed by atoms with Crippen LogP contribution in [0.4, 0.5) is 0 Å². The molecule has 0 spiro atoms. The maximum atomic E-state index is 6.08. The molecule has 1 aromatic rings. The molecule has 4 heteroatoms. The number of benzene rings is 1. The van der Waals surface area contributed by atoms with Crippen LogP contribution in [0.5, 0.6) is 5.75 Å². The standard InChI is InChI=1S/C15H22ClNO2/c1-18-8-7-17-11-15(5-6-15)10-12-9-13(16)3-4-14(12)19-2/h3-4,9,17H,5-8,10-11H2,1-2H3. The van der Waals surface area contributed by atoms with Crippen LogP contribution in [0.2, 0.25) is 5.02 Å². The molecule has 3 nitrogen and oxygen atoms in total. The van der Waals surface area contributed by atoms with Crippen LogP contribution in [-0.4, -0.2) is 33.9 Å². The Bertz CT molecular complexity index is 419. The number of ether oxygens (including phenoxy) is 2. The molecule has 0 heterocycles. The van der Waals surface area contributed by atoms with Gasteiger partial charge in [-0.05, 0) is 48.4 Å². The lowest BCUT2D eigenvalue weighted by Crippen LogP contribution is -2.28. The molecule has 1 saturated carbocycles. The number of rotatable bonds is 8.